The molecule has 0 N–H and O–H groups in total. The van der Waals surface area contributed by atoms with Gasteiger partial charge >= 0.3 is 0 Å². The Morgan fingerprint density at radius 2 is 2.22 bits per heavy atom. The summed E-state index contributed by atoms with van der Waals surface area (Å²) in [6, 6.07) is 4.54. The van der Waals surface area contributed by atoms with Crippen molar-refractivity contribution in [3.05, 3.63) is 39.0 Å². The molecule has 0 bridgehead atoms. The van der Waals surface area contributed by atoms with Gasteiger partial charge in [-0.2, -0.15) is 0 Å². The zero-order valence-electron chi connectivity index (χ0n) is 13.3. The Hall–Kier alpha value is -1.24. The smallest absolute Gasteiger partial charge is 0.263 e. The summed E-state index contributed by atoms with van der Waals surface area (Å²) >= 11 is 3.27. The Balaban J connectivity index is 1.32. The molecule has 1 saturated carbocycles. The van der Waals surface area contributed by atoms with E-state index in [1.165, 1.54) is 11.4 Å². The Morgan fingerprint density at radius 1 is 1.39 bits per heavy atom. The molecule has 0 unspecified atom stereocenters. The second-order valence-electron chi connectivity index (χ2n) is 6.69. The average molecular weight is 348 g/mol. The molecule has 3 heterocycles. The summed E-state index contributed by atoms with van der Waals surface area (Å²) in [4.78, 5) is 22.2. The predicted octanol–water partition coefficient (Wildman–Crippen LogP) is 3.33. The number of nitrogens with zero attached hydrogens (tertiary/aromatic N) is 3. The van der Waals surface area contributed by atoms with Gasteiger partial charge < -0.3 is 4.90 Å². The van der Waals surface area contributed by atoms with Gasteiger partial charge in [-0.05, 0) is 43.2 Å². The summed E-state index contributed by atoms with van der Waals surface area (Å²) in [5, 5.41) is 5.21. The normalized spacial score (nSPS) is 22.7. The molecule has 1 amide bonds. The molecule has 23 heavy (non-hydrogen) atoms. The highest BCUT2D eigenvalue weighted by Crippen LogP contribution is 2.56. The standard InChI is InChI=1S/C17H21N3OS2/c1-19(12-15-18-6-10-23-15)14-11-17(14)4-7-20(8-5-17)16(21)13-3-2-9-22-13/h2-3,6,9-10,14H,4-5,7-8,11-12H2,1H3/t14-/m0/s1. The second-order valence-corrected chi connectivity index (χ2v) is 8.62. The van der Waals surface area contributed by atoms with Crippen LogP contribution in [0, 0.1) is 5.41 Å². The van der Waals surface area contributed by atoms with Crippen molar-refractivity contribution in [2.75, 3.05) is 20.1 Å². The molecule has 1 atom stereocenters. The lowest BCUT2D eigenvalue weighted by molar-refractivity contribution is 0.0662. The van der Waals surface area contributed by atoms with Gasteiger partial charge in [-0.3, -0.25) is 9.69 Å². The van der Waals surface area contributed by atoms with Crippen molar-refractivity contribution in [2.24, 2.45) is 5.41 Å². The minimum absolute atomic E-state index is 0.211. The molecule has 1 aliphatic carbocycles. The zero-order chi connectivity index (χ0) is 15.9. The fourth-order valence-electron chi connectivity index (χ4n) is 3.85. The monoisotopic (exact) mass is 347 g/mol. The first-order chi connectivity index (χ1) is 11.2. The highest BCUT2D eigenvalue weighted by molar-refractivity contribution is 7.12. The third kappa shape index (κ3) is 2.95. The van der Waals surface area contributed by atoms with E-state index in [0.717, 1.165) is 37.4 Å². The van der Waals surface area contributed by atoms with Crippen molar-refractivity contribution in [1.82, 2.24) is 14.8 Å². The van der Waals surface area contributed by atoms with E-state index < -0.39 is 0 Å². The van der Waals surface area contributed by atoms with Crippen LogP contribution in [0.4, 0.5) is 0 Å². The van der Waals surface area contributed by atoms with E-state index in [0.29, 0.717) is 11.5 Å². The zero-order valence-corrected chi connectivity index (χ0v) is 14.9. The lowest BCUT2D eigenvalue weighted by Gasteiger charge is -2.34. The Morgan fingerprint density at radius 3 is 2.87 bits per heavy atom. The van der Waals surface area contributed by atoms with Gasteiger partial charge in [-0.25, -0.2) is 4.98 Å². The first kappa shape index (κ1) is 15.3. The first-order valence-electron chi connectivity index (χ1n) is 8.09. The maximum Gasteiger partial charge on any atom is 0.263 e. The minimum atomic E-state index is 0.211. The predicted molar refractivity (Wildman–Crippen MR) is 93.9 cm³/mol. The summed E-state index contributed by atoms with van der Waals surface area (Å²) in [7, 11) is 2.21. The maximum absolute atomic E-state index is 12.4. The molecule has 2 aliphatic rings. The van der Waals surface area contributed by atoms with Crippen LogP contribution in [0.1, 0.15) is 33.9 Å². The van der Waals surface area contributed by atoms with Crippen molar-refractivity contribution in [3.63, 3.8) is 0 Å². The molecular weight excluding hydrogens is 326 g/mol. The van der Waals surface area contributed by atoms with Crippen LogP contribution in [0.25, 0.3) is 0 Å². The van der Waals surface area contributed by atoms with Crippen LogP contribution in [-0.2, 0) is 6.54 Å². The van der Waals surface area contributed by atoms with Gasteiger partial charge in [-0.1, -0.05) is 6.07 Å². The third-order valence-corrected chi connectivity index (χ3v) is 6.95. The Bertz CT molecular complexity index is 660. The molecule has 0 radical (unpaired) electrons. The summed E-state index contributed by atoms with van der Waals surface area (Å²) in [6.45, 7) is 2.75. The van der Waals surface area contributed by atoms with E-state index in [1.54, 1.807) is 22.7 Å². The van der Waals surface area contributed by atoms with Crippen LogP contribution >= 0.6 is 22.7 Å². The number of hydrogen-bond donors (Lipinski definition) is 0. The number of rotatable bonds is 4. The molecule has 122 valence electrons. The molecule has 1 saturated heterocycles. The van der Waals surface area contributed by atoms with Gasteiger partial charge in [0.15, 0.2) is 0 Å². The number of carbonyl (C=O) groups excluding carboxylic acids is 1. The Labute approximate surface area is 144 Å². The molecular formula is C17H21N3OS2. The number of hydrogen-bond acceptors (Lipinski definition) is 5. The number of carbonyl (C=O) groups is 1. The van der Waals surface area contributed by atoms with Gasteiger partial charge in [0.25, 0.3) is 5.91 Å². The molecule has 2 fully saturated rings. The maximum atomic E-state index is 12.4. The van der Waals surface area contributed by atoms with Gasteiger partial charge in [0.1, 0.15) is 5.01 Å². The SMILES string of the molecule is CN(Cc1nccs1)[C@H]1CC12CCN(C(=O)c1cccs1)CC2. The van der Waals surface area contributed by atoms with Crippen LogP contribution in [0.5, 0.6) is 0 Å². The van der Waals surface area contributed by atoms with Crippen molar-refractivity contribution >= 4 is 28.6 Å². The number of piperidine rings is 1. The van der Waals surface area contributed by atoms with E-state index in [9.17, 15) is 4.79 Å². The molecule has 4 nitrogen and oxygen atoms in total. The number of aromatic nitrogens is 1. The van der Waals surface area contributed by atoms with Crippen LogP contribution < -0.4 is 0 Å². The minimum Gasteiger partial charge on any atom is -0.338 e. The highest BCUT2D eigenvalue weighted by atomic mass is 32.1. The van der Waals surface area contributed by atoms with Crippen LogP contribution in [-0.4, -0.2) is 46.9 Å². The van der Waals surface area contributed by atoms with Gasteiger partial charge in [-0.15, -0.1) is 22.7 Å². The van der Waals surface area contributed by atoms with Crippen molar-refractivity contribution in [3.8, 4) is 0 Å². The number of thiophene rings is 1. The second kappa shape index (κ2) is 6.00. The highest BCUT2D eigenvalue weighted by Gasteiger charge is 2.56. The van der Waals surface area contributed by atoms with Crippen LogP contribution in [0.3, 0.4) is 0 Å². The number of thiazole rings is 1. The number of likely N-dealkylation sites (tertiary alicyclic amines) is 1. The van der Waals surface area contributed by atoms with Crippen molar-refractivity contribution < 1.29 is 4.79 Å². The Kier molecular flexibility index (Phi) is 3.99. The molecule has 0 aromatic carbocycles. The largest absolute Gasteiger partial charge is 0.338 e. The quantitative estimate of drug-likeness (QED) is 0.851. The molecule has 4 rings (SSSR count). The van der Waals surface area contributed by atoms with Crippen LogP contribution in [0.15, 0.2) is 29.1 Å². The van der Waals surface area contributed by atoms with Crippen molar-refractivity contribution in [2.45, 2.75) is 31.8 Å². The van der Waals surface area contributed by atoms with Crippen LogP contribution in [0.2, 0.25) is 0 Å². The van der Waals surface area contributed by atoms with E-state index in [2.05, 4.69) is 16.9 Å². The van der Waals surface area contributed by atoms with E-state index >= 15 is 0 Å². The van der Waals surface area contributed by atoms with Gasteiger partial charge in [0.05, 0.1) is 11.4 Å². The average Bonchev–Trinajstić information content (AvgIpc) is 2.99. The fourth-order valence-corrected chi connectivity index (χ4v) is 5.22. The lowest BCUT2D eigenvalue weighted by atomic mass is 9.92. The molecule has 2 aromatic rings. The fraction of sp³-hybridized carbons (Fsp3) is 0.529. The molecule has 2 aromatic heterocycles. The summed E-state index contributed by atoms with van der Waals surface area (Å²) in [5.41, 5.74) is 0.443. The van der Waals surface area contributed by atoms with E-state index in [-0.39, 0.29) is 5.91 Å². The lowest BCUT2D eigenvalue weighted by Crippen LogP contribution is -2.41. The van der Waals surface area contributed by atoms with Gasteiger partial charge in [0, 0.05) is 30.7 Å². The molecule has 6 heteroatoms. The topological polar surface area (TPSA) is 36.4 Å². The van der Waals surface area contributed by atoms with E-state index in [4.69, 9.17) is 0 Å². The summed E-state index contributed by atoms with van der Waals surface area (Å²) in [6.07, 6.45) is 5.43. The third-order valence-electron chi connectivity index (χ3n) is 5.33. The van der Waals surface area contributed by atoms with Crippen molar-refractivity contribution in [1.29, 1.82) is 0 Å². The first-order valence-corrected chi connectivity index (χ1v) is 9.85. The van der Waals surface area contributed by atoms with E-state index in [1.807, 2.05) is 34.0 Å². The summed E-state index contributed by atoms with van der Waals surface area (Å²) in [5.74, 6) is 0.211. The summed E-state index contributed by atoms with van der Waals surface area (Å²) < 4.78 is 0. The number of amides is 1. The molecule has 1 spiro atoms. The molecule has 1 aliphatic heterocycles. The van der Waals surface area contributed by atoms with Gasteiger partial charge in [0.2, 0.25) is 0 Å².